The second kappa shape index (κ2) is 8.32. The molecule has 1 atom stereocenters. The molecule has 0 aromatic heterocycles. The van der Waals surface area contributed by atoms with Crippen LogP contribution < -0.4 is 15.3 Å². The van der Waals surface area contributed by atoms with Crippen LogP contribution in [0.2, 0.25) is 0 Å². The lowest BCUT2D eigenvalue weighted by Crippen LogP contribution is -2.58. The van der Waals surface area contributed by atoms with Gasteiger partial charge in [-0.25, -0.2) is 9.98 Å². The van der Waals surface area contributed by atoms with Crippen molar-refractivity contribution >= 4 is 18.0 Å². The van der Waals surface area contributed by atoms with Gasteiger partial charge in [0.1, 0.15) is 12.4 Å². The molecule has 2 heterocycles. The standard InChI is InChI=1S/C23H32N5O2/c1-5-18-21-23(27-22(26-21)15(2)3)28(24,14-25-18)13-16-10-11-19(29-4)20(12-16)30-17-8-6-7-9-17/h10-12,14-15,17H,5-9,13,24H2,1-4H3/q+1. The van der Waals surface area contributed by atoms with Crippen molar-refractivity contribution in [3.8, 4) is 11.5 Å². The molecule has 0 amide bonds. The number of ether oxygens (including phenoxy) is 2. The topological polar surface area (TPSA) is 81.6 Å². The van der Waals surface area contributed by atoms with Gasteiger partial charge in [-0.15, -0.1) is 0 Å². The Bertz CT molecular complexity index is 941. The minimum absolute atomic E-state index is 0.00620. The Morgan fingerprint density at radius 2 is 1.93 bits per heavy atom. The van der Waals surface area contributed by atoms with E-state index in [1.165, 1.54) is 12.8 Å². The third kappa shape index (κ3) is 3.91. The lowest BCUT2D eigenvalue weighted by atomic mass is 10.1. The van der Waals surface area contributed by atoms with Crippen LogP contribution in [0.1, 0.15) is 58.4 Å². The SMILES string of the molecule is CCC1=C2N=C(C(C)C)N=C2[N+](N)(Cc2ccc(OC)c(OC3CCCC3)c2)C=N1. The summed E-state index contributed by atoms with van der Waals surface area (Å²) in [5, 5.41) is 0. The zero-order chi connectivity index (χ0) is 21.3. The van der Waals surface area contributed by atoms with E-state index in [9.17, 15) is 0 Å². The van der Waals surface area contributed by atoms with Gasteiger partial charge in [-0.3, -0.25) is 0 Å². The number of fused-ring (bicyclic) bond motifs is 1. The number of methoxy groups -OCH3 is 1. The van der Waals surface area contributed by atoms with Crippen LogP contribution in [0.5, 0.6) is 11.5 Å². The fraction of sp³-hybridized carbons (Fsp3) is 0.522. The van der Waals surface area contributed by atoms with E-state index >= 15 is 0 Å². The van der Waals surface area contributed by atoms with E-state index in [0.29, 0.717) is 6.54 Å². The van der Waals surface area contributed by atoms with Crippen LogP contribution in [-0.4, -0.2) is 35.8 Å². The minimum Gasteiger partial charge on any atom is -0.493 e. The van der Waals surface area contributed by atoms with E-state index in [1.54, 1.807) is 13.4 Å². The molecule has 0 saturated heterocycles. The van der Waals surface area contributed by atoms with Gasteiger partial charge < -0.3 is 9.47 Å². The first-order valence-corrected chi connectivity index (χ1v) is 10.9. The Hall–Kier alpha value is -2.51. The lowest BCUT2D eigenvalue weighted by Gasteiger charge is -2.29. The summed E-state index contributed by atoms with van der Waals surface area (Å²) in [5.41, 5.74) is 2.79. The van der Waals surface area contributed by atoms with Gasteiger partial charge in [-0.1, -0.05) is 20.8 Å². The fourth-order valence-corrected chi connectivity index (χ4v) is 4.16. The molecule has 30 heavy (non-hydrogen) atoms. The Balaban J connectivity index is 1.63. The van der Waals surface area contributed by atoms with Crippen LogP contribution in [0, 0.1) is 5.92 Å². The predicted molar refractivity (Wildman–Crippen MR) is 120 cm³/mol. The molecule has 1 aliphatic carbocycles. The molecule has 2 N–H and O–H groups in total. The van der Waals surface area contributed by atoms with Crippen LogP contribution in [-0.2, 0) is 6.54 Å². The van der Waals surface area contributed by atoms with E-state index in [0.717, 1.165) is 59.4 Å². The molecule has 7 heteroatoms. The quantitative estimate of drug-likeness (QED) is 0.536. The van der Waals surface area contributed by atoms with Crippen molar-refractivity contribution in [2.45, 2.75) is 65.5 Å². The van der Waals surface area contributed by atoms with Crippen molar-refractivity contribution in [1.29, 1.82) is 0 Å². The Morgan fingerprint density at radius 1 is 1.17 bits per heavy atom. The highest BCUT2D eigenvalue weighted by atomic mass is 16.5. The first-order valence-electron chi connectivity index (χ1n) is 10.9. The first kappa shape index (κ1) is 20.8. The van der Waals surface area contributed by atoms with E-state index in [-0.39, 0.29) is 16.6 Å². The number of amidine groups is 2. The molecular weight excluding hydrogens is 378 g/mol. The van der Waals surface area contributed by atoms with Crippen molar-refractivity contribution < 1.29 is 14.1 Å². The van der Waals surface area contributed by atoms with Crippen molar-refractivity contribution in [2.75, 3.05) is 7.11 Å². The van der Waals surface area contributed by atoms with Crippen molar-refractivity contribution in [1.82, 2.24) is 0 Å². The second-order valence-electron chi connectivity index (χ2n) is 8.55. The number of hydrogen-bond donors (Lipinski definition) is 1. The summed E-state index contributed by atoms with van der Waals surface area (Å²) in [7, 11) is 1.67. The molecule has 1 aromatic rings. The number of benzene rings is 1. The number of quaternary nitrogens is 1. The summed E-state index contributed by atoms with van der Waals surface area (Å²) in [5.74, 6) is 10.1. The van der Waals surface area contributed by atoms with E-state index in [4.69, 9.17) is 25.3 Å². The van der Waals surface area contributed by atoms with Crippen LogP contribution in [0.25, 0.3) is 0 Å². The molecule has 3 aliphatic rings. The number of rotatable bonds is 7. The molecule has 1 saturated carbocycles. The summed E-state index contributed by atoms with van der Waals surface area (Å²) in [4.78, 5) is 14.2. The van der Waals surface area contributed by atoms with Crippen molar-refractivity contribution in [3.05, 3.63) is 35.2 Å². The number of allylic oxidation sites excluding steroid dienone is 1. The third-order valence-electron chi connectivity index (χ3n) is 5.87. The first-order chi connectivity index (χ1) is 14.4. The number of aliphatic imine (C=N–C) groups is 3. The van der Waals surface area contributed by atoms with Gasteiger partial charge in [-0.2, -0.15) is 15.4 Å². The highest BCUT2D eigenvalue weighted by molar-refractivity contribution is 6.12. The van der Waals surface area contributed by atoms with Gasteiger partial charge in [0.2, 0.25) is 6.34 Å². The molecule has 160 valence electrons. The zero-order valence-corrected chi connectivity index (χ0v) is 18.4. The molecule has 4 rings (SSSR count). The Labute approximate surface area is 178 Å². The molecule has 2 aliphatic heterocycles. The summed E-state index contributed by atoms with van der Waals surface area (Å²) in [6.45, 7) is 6.77. The molecule has 0 spiro atoms. The zero-order valence-electron chi connectivity index (χ0n) is 18.4. The average Bonchev–Trinajstić information content (AvgIpc) is 3.39. The summed E-state index contributed by atoms with van der Waals surface area (Å²) < 4.78 is 11.8. The monoisotopic (exact) mass is 410 g/mol. The second-order valence-corrected chi connectivity index (χ2v) is 8.55. The number of nitrogens with two attached hydrogens (primary N) is 1. The highest BCUT2D eigenvalue weighted by Crippen LogP contribution is 2.34. The number of nitrogens with zero attached hydrogens (tertiary/aromatic N) is 4. The Morgan fingerprint density at radius 3 is 2.60 bits per heavy atom. The molecule has 0 bridgehead atoms. The lowest BCUT2D eigenvalue weighted by molar-refractivity contribution is -0.768. The third-order valence-corrected chi connectivity index (χ3v) is 5.87. The smallest absolute Gasteiger partial charge is 0.283 e. The maximum absolute atomic E-state index is 6.82. The van der Waals surface area contributed by atoms with Gasteiger partial charge in [0.25, 0.3) is 5.84 Å². The maximum Gasteiger partial charge on any atom is 0.283 e. The molecule has 1 fully saturated rings. The molecule has 1 aromatic carbocycles. The summed E-state index contributed by atoms with van der Waals surface area (Å²) >= 11 is 0. The van der Waals surface area contributed by atoms with Crippen LogP contribution in [0.15, 0.2) is 44.6 Å². The summed E-state index contributed by atoms with van der Waals surface area (Å²) in [6.07, 6.45) is 7.46. The van der Waals surface area contributed by atoms with Crippen LogP contribution >= 0.6 is 0 Å². The summed E-state index contributed by atoms with van der Waals surface area (Å²) in [6, 6.07) is 6.02. The van der Waals surface area contributed by atoms with Gasteiger partial charge in [0, 0.05) is 11.5 Å². The van der Waals surface area contributed by atoms with E-state index < -0.39 is 0 Å². The van der Waals surface area contributed by atoms with Crippen LogP contribution in [0.4, 0.5) is 0 Å². The molecule has 7 nitrogen and oxygen atoms in total. The molecular formula is C23H32N5O2+. The molecule has 1 unspecified atom stereocenters. The van der Waals surface area contributed by atoms with Gasteiger partial charge in [-0.05, 0) is 50.3 Å². The largest absolute Gasteiger partial charge is 0.493 e. The van der Waals surface area contributed by atoms with Crippen molar-refractivity contribution in [2.24, 2.45) is 26.7 Å². The van der Waals surface area contributed by atoms with E-state index in [1.807, 2.05) is 18.2 Å². The fourth-order valence-electron chi connectivity index (χ4n) is 4.16. The van der Waals surface area contributed by atoms with Gasteiger partial charge >= 0.3 is 0 Å². The molecule has 0 radical (unpaired) electrons. The maximum atomic E-state index is 6.82. The Kier molecular flexibility index (Phi) is 5.75. The normalized spacial score (nSPS) is 23.7. The van der Waals surface area contributed by atoms with Gasteiger partial charge in [0.05, 0.1) is 18.9 Å². The predicted octanol–water partition coefficient (Wildman–Crippen LogP) is 4.34. The van der Waals surface area contributed by atoms with E-state index in [2.05, 4.69) is 25.8 Å². The highest BCUT2D eigenvalue weighted by Gasteiger charge is 2.41. The minimum atomic E-state index is -0.00620. The van der Waals surface area contributed by atoms with Crippen molar-refractivity contribution in [3.63, 3.8) is 0 Å². The number of hydrogen-bond acceptors (Lipinski definition) is 6. The van der Waals surface area contributed by atoms with Gasteiger partial charge in [0.15, 0.2) is 17.2 Å². The average molecular weight is 411 g/mol. The van der Waals surface area contributed by atoms with Crippen LogP contribution in [0.3, 0.4) is 0 Å².